The molecule has 1 aliphatic rings. The van der Waals surface area contributed by atoms with Crippen LogP contribution in [0.25, 0.3) is 66.8 Å². The lowest BCUT2D eigenvalue weighted by Gasteiger charge is -2.34. The quantitative estimate of drug-likeness (QED) is 0.168. The number of hydrogen-bond acceptors (Lipinski definition) is 3. The van der Waals surface area contributed by atoms with E-state index in [1.165, 1.54) is 54.9 Å². The number of rotatable bonds is 6. The second-order valence-corrected chi connectivity index (χ2v) is 13.2. The standard InChI is InChI=1S/C48H31N3/c1-6-16-32(17-7-1)37-28-35-26-27-36-29-38(47-50-45(33-18-8-2-9-19-33)49-46(51-47)34-20-10-3-11-21-34)31-42-44(36)43(35)41(30-37)48(42,39-22-12-4-13-23-39)40-24-14-5-15-25-40/h1-31H. The summed E-state index contributed by atoms with van der Waals surface area (Å²) in [4.78, 5) is 15.3. The maximum Gasteiger partial charge on any atom is 0.164 e. The van der Waals surface area contributed by atoms with Crippen molar-refractivity contribution in [1.82, 2.24) is 15.0 Å². The third-order valence-corrected chi connectivity index (χ3v) is 10.3. The fourth-order valence-electron chi connectivity index (χ4n) is 8.10. The van der Waals surface area contributed by atoms with Gasteiger partial charge >= 0.3 is 0 Å². The molecule has 0 atom stereocenters. The van der Waals surface area contributed by atoms with Crippen LogP contribution < -0.4 is 0 Å². The van der Waals surface area contributed by atoms with Crippen LogP contribution in [0, 0.1) is 0 Å². The Labute approximate surface area is 296 Å². The summed E-state index contributed by atoms with van der Waals surface area (Å²) in [6, 6.07) is 67.0. The first-order valence-corrected chi connectivity index (χ1v) is 17.4. The van der Waals surface area contributed by atoms with Crippen LogP contribution in [0.3, 0.4) is 0 Å². The summed E-state index contributed by atoms with van der Waals surface area (Å²) in [5, 5.41) is 4.98. The highest BCUT2D eigenvalue weighted by Gasteiger charge is 2.45. The molecule has 0 spiro atoms. The van der Waals surface area contributed by atoms with Gasteiger partial charge in [-0.25, -0.2) is 15.0 Å². The molecule has 1 aromatic heterocycles. The average Bonchev–Trinajstić information content (AvgIpc) is 3.52. The van der Waals surface area contributed by atoms with Crippen LogP contribution in [0.15, 0.2) is 188 Å². The van der Waals surface area contributed by atoms with Crippen molar-refractivity contribution in [2.24, 2.45) is 0 Å². The molecule has 3 nitrogen and oxygen atoms in total. The summed E-state index contributed by atoms with van der Waals surface area (Å²) in [7, 11) is 0. The van der Waals surface area contributed by atoms with Crippen LogP contribution in [-0.4, -0.2) is 15.0 Å². The molecule has 1 heterocycles. The van der Waals surface area contributed by atoms with Crippen molar-refractivity contribution in [2.75, 3.05) is 0 Å². The molecule has 0 saturated carbocycles. The Hall–Kier alpha value is -6.71. The zero-order valence-electron chi connectivity index (χ0n) is 27.7. The van der Waals surface area contributed by atoms with E-state index in [4.69, 9.17) is 15.0 Å². The molecule has 1 aliphatic carbocycles. The molecule has 8 aromatic carbocycles. The molecule has 9 aromatic rings. The minimum atomic E-state index is -0.582. The van der Waals surface area contributed by atoms with Gasteiger partial charge in [0.15, 0.2) is 17.5 Å². The van der Waals surface area contributed by atoms with Crippen LogP contribution in [0.5, 0.6) is 0 Å². The Morgan fingerprint density at radius 2 is 0.647 bits per heavy atom. The van der Waals surface area contributed by atoms with Gasteiger partial charge in [-0.15, -0.1) is 0 Å². The highest BCUT2D eigenvalue weighted by molar-refractivity contribution is 6.18. The molecular weight excluding hydrogens is 619 g/mol. The van der Waals surface area contributed by atoms with E-state index in [1.54, 1.807) is 0 Å². The van der Waals surface area contributed by atoms with Crippen molar-refractivity contribution < 1.29 is 0 Å². The van der Waals surface area contributed by atoms with E-state index in [9.17, 15) is 0 Å². The van der Waals surface area contributed by atoms with E-state index in [2.05, 4.69) is 152 Å². The zero-order chi connectivity index (χ0) is 33.8. The van der Waals surface area contributed by atoms with Crippen molar-refractivity contribution in [3.63, 3.8) is 0 Å². The van der Waals surface area contributed by atoms with E-state index in [1.807, 2.05) is 36.4 Å². The predicted molar refractivity (Wildman–Crippen MR) is 208 cm³/mol. The molecule has 238 valence electrons. The van der Waals surface area contributed by atoms with Crippen molar-refractivity contribution in [2.45, 2.75) is 5.41 Å². The summed E-state index contributed by atoms with van der Waals surface area (Å²) >= 11 is 0. The third kappa shape index (κ3) is 4.63. The largest absolute Gasteiger partial charge is 0.208 e. The Kier molecular flexibility index (Phi) is 6.71. The number of hydrogen-bond donors (Lipinski definition) is 0. The lowest BCUT2D eigenvalue weighted by Crippen LogP contribution is -2.29. The molecule has 0 radical (unpaired) electrons. The molecule has 0 unspecified atom stereocenters. The molecule has 0 aliphatic heterocycles. The lowest BCUT2D eigenvalue weighted by molar-refractivity contribution is 0.772. The third-order valence-electron chi connectivity index (χ3n) is 10.3. The van der Waals surface area contributed by atoms with Crippen molar-refractivity contribution in [3.8, 4) is 45.3 Å². The summed E-state index contributed by atoms with van der Waals surface area (Å²) in [5.74, 6) is 1.95. The van der Waals surface area contributed by atoms with Gasteiger partial charge in [0.25, 0.3) is 0 Å². The highest BCUT2D eigenvalue weighted by Crippen LogP contribution is 2.57. The number of aromatic nitrogens is 3. The molecule has 51 heavy (non-hydrogen) atoms. The molecule has 0 saturated heterocycles. The summed E-state index contributed by atoms with van der Waals surface area (Å²) in [6.07, 6.45) is 0. The molecule has 0 bridgehead atoms. The Balaban J connectivity index is 1.31. The van der Waals surface area contributed by atoms with Gasteiger partial charge in [-0.2, -0.15) is 0 Å². The van der Waals surface area contributed by atoms with Crippen LogP contribution in [0.1, 0.15) is 22.3 Å². The van der Waals surface area contributed by atoms with Crippen LogP contribution in [-0.2, 0) is 5.41 Å². The van der Waals surface area contributed by atoms with Crippen molar-refractivity contribution >= 4 is 21.5 Å². The fraction of sp³-hybridized carbons (Fsp3) is 0.0208. The predicted octanol–water partition coefficient (Wildman–Crippen LogP) is 11.5. The Morgan fingerprint density at radius 3 is 1.10 bits per heavy atom. The van der Waals surface area contributed by atoms with E-state index >= 15 is 0 Å². The molecule has 10 rings (SSSR count). The second-order valence-electron chi connectivity index (χ2n) is 13.2. The van der Waals surface area contributed by atoms with Crippen LogP contribution in [0.4, 0.5) is 0 Å². The van der Waals surface area contributed by atoms with E-state index < -0.39 is 5.41 Å². The average molecular weight is 650 g/mol. The van der Waals surface area contributed by atoms with E-state index in [-0.39, 0.29) is 0 Å². The SMILES string of the molecule is c1ccc(-c2cc3c4c(ccc5cc(-c6nc(-c7ccccc7)nc(-c7ccccc7)n6)cc(c54)C3(c3ccccc3)c3ccccc3)c2)cc1. The van der Waals surface area contributed by atoms with Crippen molar-refractivity contribution in [3.05, 3.63) is 210 Å². The maximum atomic E-state index is 5.17. The van der Waals surface area contributed by atoms with E-state index in [0.717, 1.165) is 16.7 Å². The first kappa shape index (κ1) is 29.2. The minimum Gasteiger partial charge on any atom is -0.208 e. The smallest absolute Gasteiger partial charge is 0.164 e. The van der Waals surface area contributed by atoms with Crippen LogP contribution >= 0.6 is 0 Å². The zero-order valence-corrected chi connectivity index (χ0v) is 27.7. The topological polar surface area (TPSA) is 38.7 Å². The molecule has 0 N–H and O–H groups in total. The number of benzene rings is 8. The van der Waals surface area contributed by atoms with Crippen molar-refractivity contribution in [1.29, 1.82) is 0 Å². The van der Waals surface area contributed by atoms with Crippen LogP contribution in [0.2, 0.25) is 0 Å². The highest BCUT2D eigenvalue weighted by atomic mass is 15.0. The first-order chi connectivity index (χ1) is 25.3. The van der Waals surface area contributed by atoms with Gasteiger partial charge in [0, 0.05) is 16.7 Å². The number of nitrogens with zero attached hydrogens (tertiary/aromatic N) is 3. The Bertz CT molecular complexity index is 2610. The lowest BCUT2D eigenvalue weighted by atomic mass is 9.67. The first-order valence-electron chi connectivity index (χ1n) is 17.4. The van der Waals surface area contributed by atoms with Gasteiger partial charge < -0.3 is 0 Å². The van der Waals surface area contributed by atoms with Gasteiger partial charge in [0.2, 0.25) is 0 Å². The van der Waals surface area contributed by atoms with Gasteiger partial charge in [-0.1, -0.05) is 164 Å². The monoisotopic (exact) mass is 649 g/mol. The van der Waals surface area contributed by atoms with Gasteiger partial charge in [-0.3, -0.25) is 0 Å². The second kappa shape index (κ2) is 11.7. The maximum absolute atomic E-state index is 5.17. The summed E-state index contributed by atoms with van der Waals surface area (Å²) in [6.45, 7) is 0. The normalized spacial score (nSPS) is 12.9. The minimum absolute atomic E-state index is 0.582. The fourth-order valence-corrected chi connectivity index (χ4v) is 8.10. The van der Waals surface area contributed by atoms with Gasteiger partial charge in [0.05, 0.1) is 5.41 Å². The van der Waals surface area contributed by atoms with Gasteiger partial charge in [0.1, 0.15) is 0 Å². The molecular formula is C48H31N3. The van der Waals surface area contributed by atoms with Gasteiger partial charge in [-0.05, 0) is 79.2 Å². The summed E-state index contributed by atoms with van der Waals surface area (Å²) < 4.78 is 0. The Morgan fingerprint density at radius 1 is 0.294 bits per heavy atom. The molecule has 3 heteroatoms. The van der Waals surface area contributed by atoms with E-state index in [0.29, 0.717) is 17.5 Å². The molecule has 0 fully saturated rings. The summed E-state index contributed by atoms with van der Waals surface area (Å²) in [5.41, 5.74) is 9.67. The molecule has 0 amide bonds.